The molecule has 0 aliphatic carbocycles. The van der Waals surface area contributed by atoms with Crippen molar-refractivity contribution in [3.05, 3.63) is 87.3 Å². The van der Waals surface area contributed by atoms with Gasteiger partial charge in [0.1, 0.15) is 0 Å². The van der Waals surface area contributed by atoms with Crippen molar-refractivity contribution in [1.29, 1.82) is 0 Å². The van der Waals surface area contributed by atoms with Gasteiger partial charge in [-0.15, -0.1) is 0 Å². The molecule has 3 N–H and O–H groups in total. The molecule has 2 aliphatic rings. The Morgan fingerprint density at radius 3 is 2.56 bits per heavy atom. The first-order valence-corrected chi connectivity index (χ1v) is 13.8. The van der Waals surface area contributed by atoms with E-state index in [0.717, 1.165) is 30.8 Å². The molecule has 9 heteroatoms. The molecule has 0 unspecified atom stereocenters. The number of benzene rings is 2. The highest BCUT2D eigenvalue weighted by atomic mass is 35.5. The molecular formula is C30H34ClN5O3. The van der Waals surface area contributed by atoms with Crippen LogP contribution in [0.1, 0.15) is 48.7 Å². The molecule has 204 valence electrons. The van der Waals surface area contributed by atoms with Gasteiger partial charge in [0.2, 0.25) is 0 Å². The molecule has 8 nitrogen and oxygen atoms in total. The number of halogens is 1. The van der Waals surface area contributed by atoms with Crippen molar-refractivity contribution in [3.63, 3.8) is 0 Å². The third kappa shape index (κ3) is 6.28. The second-order valence-electron chi connectivity index (χ2n) is 10.9. The summed E-state index contributed by atoms with van der Waals surface area (Å²) in [5.41, 5.74) is 3.60. The van der Waals surface area contributed by atoms with Crippen molar-refractivity contribution in [3.8, 4) is 0 Å². The average Bonchev–Trinajstić information content (AvgIpc) is 2.90. The fourth-order valence-electron chi connectivity index (χ4n) is 5.54. The standard InChI is InChI=1S/C30H34ClN5O3/c1-19(2)12-13-32-29(38)21-6-11-27(25(15-21)34-30(39)33-24-9-7-23(31)8-10-24)35-16-20-14-22(18-35)26-4-3-5-28(37)36(26)17-20/h3-11,15,19-20,22H,12-14,16-18H2,1-2H3,(H,32,38)(H2,33,34,39)/t20-,22+/m1/s1. The number of nitrogens with zero attached hydrogens (tertiary/aromatic N) is 2. The first kappa shape index (κ1) is 26.8. The molecule has 1 aromatic heterocycles. The topological polar surface area (TPSA) is 95.5 Å². The largest absolute Gasteiger partial charge is 0.369 e. The Hall–Kier alpha value is -3.78. The van der Waals surface area contributed by atoms with Crippen LogP contribution >= 0.6 is 11.6 Å². The summed E-state index contributed by atoms with van der Waals surface area (Å²) in [5.74, 6) is 0.834. The van der Waals surface area contributed by atoms with Gasteiger partial charge in [0.15, 0.2) is 0 Å². The maximum absolute atomic E-state index is 13.0. The Kier molecular flexibility index (Phi) is 7.93. The van der Waals surface area contributed by atoms with E-state index in [2.05, 4.69) is 34.7 Å². The first-order valence-electron chi connectivity index (χ1n) is 13.5. The van der Waals surface area contributed by atoms with E-state index < -0.39 is 6.03 Å². The van der Waals surface area contributed by atoms with E-state index in [0.29, 0.717) is 53.4 Å². The molecule has 1 saturated heterocycles. The zero-order valence-corrected chi connectivity index (χ0v) is 23.0. The van der Waals surface area contributed by atoms with Crippen molar-refractivity contribution >= 4 is 40.6 Å². The SMILES string of the molecule is CC(C)CCNC(=O)c1ccc(N2C[C@H]3C[C@@H](C2)c2cccc(=O)n2C3)c(NC(=O)Nc2ccc(Cl)cc2)c1. The summed E-state index contributed by atoms with van der Waals surface area (Å²) in [6, 6.07) is 17.4. The van der Waals surface area contributed by atoms with Crippen LogP contribution in [0.15, 0.2) is 65.5 Å². The van der Waals surface area contributed by atoms with Crippen molar-refractivity contribution in [2.75, 3.05) is 35.2 Å². The number of carbonyl (C=O) groups excluding carboxylic acids is 2. The van der Waals surface area contributed by atoms with Crippen molar-refractivity contribution in [2.24, 2.45) is 11.8 Å². The van der Waals surface area contributed by atoms with Gasteiger partial charge < -0.3 is 25.4 Å². The van der Waals surface area contributed by atoms with Gasteiger partial charge in [-0.05, 0) is 73.2 Å². The van der Waals surface area contributed by atoms with Crippen LogP contribution in [0.5, 0.6) is 0 Å². The van der Waals surface area contributed by atoms with Crippen LogP contribution in [-0.2, 0) is 6.54 Å². The van der Waals surface area contributed by atoms with E-state index >= 15 is 0 Å². The van der Waals surface area contributed by atoms with Gasteiger partial charge in [-0.1, -0.05) is 31.5 Å². The Morgan fingerprint density at radius 2 is 1.79 bits per heavy atom. The van der Waals surface area contributed by atoms with Crippen molar-refractivity contribution in [1.82, 2.24) is 9.88 Å². The molecule has 3 amide bonds. The highest BCUT2D eigenvalue weighted by molar-refractivity contribution is 6.30. The smallest absolute Gasteiger partial charge is 0.323 e. The number of anilines is 3. The molecule has 1 fully saturated rings. The zero-order chi connectivity index (χ0) is 27.5. The Morgan fingerprint density at radius 1 is 1.00 bits per heavy atom. The molecule has 2 aromatic carbocycles. The zero-order valence-electron chi connectivity index (χ0n) is 22.2. The number of aromatic nitrogens is 1. The lowest BCUT2D eigenvalue weighted by Crippen LogP contribution is -2.47. The summed E-state index contributed by atoms with van der Waals surface area (Å²) < 4.78 is 1.90. The average molecular weight is 548 g/mol. The lowest BCUT2D eigenvalue weighted by molar-refractivity contribution is 0.0952. The lowest BCUT2D eigenvalue weighted by atomic mass is 9.83. The van der Waals surface area contributed by atoms with E-state index in [9.17, 15) is 14.4 Å². The molecule has 0 radical (unpaired) electrons. The summed E-state index contributed by atoms with van der Waals surface area (Å²) in [4.78, 5) is 40.6. The molecule has 0 spiro atoms. The number of carbonyl (C=O) groups is 2. The molecule has 0 saturated carbocycles. The quantitative estimate of drug-likeness (QED) is 0.361. The molecule has 39 heavy (non-hydrogen) atoms. The van der Waals surface area contributed by atoms with E-state index in [1.807, 2.05) is 28.8 Å². The van der Waals surface area contributed by atoms with E-state index in [1.54, 1.807) is 36.4 Å². The molecule has 5 rings (SSSR count). The molecule has 3 heterocycles. The third-order valence-corrected chi connectivity index (χ3v) is 7.69. The number of pyridine rings is 1. The van der Waals surface area contributed by atoms with Gasteiger partial charge >= 0.3 is 6.03 Å². The number of rotatable bonds is 7. The maximum atomic E-state index is 13.0. The van der Waals surface area contributed by atoms with Gasteiger partial charge in [-0.25, -0.2) is 4.79 Å². The van der Waals surface area contributed by atoms with Crippen LogP contribution in [0, 0.1) is 11.8 Å². The highest BCUT2D eigenvalue weighted by Gasteiger charge is 2.35. The molecule has 2 atom stereocenters. The van der Waals surface area contributed by atoms with Crippen LogP contribution in [0.2, 0.25) is 5.02 Å². The van der Waals surface area contributed by atoms with E-state index in [-0.39, 0.29) is 17.4 Å². The molecule has 3 aromatic rings. The number of fused-ring (bicyclic) bond motifs is 4. The van der Waals surface area contributed by atoms with Crippen LogP contribution in [0.3, 0.4) is 0 Å². The van der Waals surface area contributed by atoms with Gasteiger partial charge in [0, 0.05) is 60.1 Å². The van der Waals surface area contributed by atoms with Gasteiger partial charge in [-0.3, -0.25) is 9.59 Å². The number of nitrogens with one attached hydrogen (secondary N) is 3. The minimum atomic E-state index is -0.412. The van der Waals surface area contributed by atoms with Crippen molar-refractivity contribution in [2.45, 2.75) is 39.2 Å². The Bertz CT molecular complexity index is 1420. The summed E-state index contributed by atoms with van der Waals surface area (Å²) in [7, 11) is 0. The fraction of sp³-hybridized carbons (Fsp3) is 0.367. The lowest BCUT2D eigenvalue weighted by Gasteiger charge is -2.44. The van der Waals surface area contributed by atoms with Crippen molar-refractivity contribution < 1.29 is 9.59 Å². The summed E-state index contributed by atoms with van der Waals surface area (Å²) in [6.45, 7) is 6.97. The number of hydrogen-bond donors (Lipinski definition) is 3. The Labute approximate surface area is 233 Å². The minimum absolute atomic E-state index is 0.0460. The van der Waals surface area contributed by atoms with Crippen LogP contribution in [-0.4, -0.2) is 36.1 Å². The molecular weight excluding hydrogens is 514 g/mol. The normalized spacial score (nSPS) is 17.9. The maximum Gasteiger partial charge on any atom is 0.323 e. The number of hydrogen-bond acceptors (Lipinski definition) is 4. The number of piperidine rings is 1. The highest BCUT2D eigenvalue weighted by Crippen LogP contribution is 2.39. The van der Waals surface area contributed by atoms with Gasteiger partial charge in [0.05, 0.1) is 11.4 Å². The summed E-state index contributed by atoms with van der Waals surface area (Å²) in [5, 5.41) is 9.37. The second kappa shape index (κ2) is 11.5. The number of urea groups is 1. The first-order chi connectivity index (χ1) is 18.8. The summed E-state index contributed by atoms with van der Waals surface area (Å²) in [6.07, 6.45) is 1.91. The monoisotopic (exact) mass is 547 g/mol. The summed E-state index contributed by atoms with van der Waals surface area (Å²) >= 11 is 5.98. The third-order valence-electron chi connectivity index (χ3n) is 7.44. The predicted octanol–water partition coefficient (Wildman–Crippen LogP) is 5.55. The van der Waals surface area contributed by atoms with E-state index in [4.69, 9.17) is 11.6 Å². The van der Waals surface area contributed by atoms with Gasteiger partial charge in [0.25, 0.3) is 11.5 Å². The molecule has 2 aliphatic heterocycles. The van der Waals surface area contributed by atoms with Crippen LogP contribution in [0.25, 0.3) is 0 Å². The van der Waals surface area contributed by atoms with Crippen LogP contribution in [0.4, 0.5) is 21.9 Å². The Balaban J connectivity index is 1.40. The van der Waals surface area contributed by atoms with Gasteiger partial charge in [-0.2, -0.15) is 0 Å². The van der Waals surface area contributed by atoms with E-state index in [1.165, 1.54) is 0 Å². The minimum Gasteiger partial charge on any atom is -0.369 e. The fourth-order valence-corrected chi connectivity index (χ4v) is 5.67. The molecule has 2 bridgehead atoms. The predicted molar refractivity (Wildman–Crippen MR) is 156 cm³/mol. The second-order valence-corrected chi connectivity index (χ2v) is 11.3. The van der Waals surface area contributed by atoms with Crippen LogP contribution < -0.4 is 26.4 Å². The number of amides is 3.